The van der Waals surface area contributed by atoms with E-state index >= 15 is 0 Å². The molecule has 0 radical (unpaired) electrons. The fourth-order valence-corrected chi connectivity index (χ4v) is 5.10. The molecule has 6 heteroatoms. The van der Waals surface area contributed by atoms with Gasteiger partial charge >= 0.3 is 0 Å². The molecule has 0 aliphatic carbocycles. The number of likely N-dealkylation sites (tertiary alicyclic amines) is 1. The van der Waals surface area contributed by atoms with Crippen LogP contribution in [0.2, 0.25) is 0 Å². The van der Waals surface area contributed by atoms with Gasteiger partial charge in [-0.15, -0.1) is 0 Å². The van der Waals surface area contributed by atoms with Crippen LogP contribution in [0.5, 0.6) is 11.5 Å². The van der Waals surface area contributed by atoms with Crippen molar-refractivity contribution in [2.75, 3.05) is 19.7 Å². The van der Waals surface area contributed by atoms with Gasteiger partial charge < -0.3 is 14.4 Å². The number of amides is 1. The zero-order valence-electron chi connectivity index (χ0n) is 16.9. The van der Waals surface area contributed by atoms with Gasteiger partial charge in [0.25, 0.3) is 5.91 Å². The fourth-order valence-electron chi connectivity index (χ4n) is 5.10. The van der Waals surface area contributed by atoms with Gasteiger partial charge in [-0.25, -0.2) is 0 Å². The number of ether oxygens (including phenoxy) is 2. The number of nitrogens with zero attached hydrogens (tertiary/aromatic N) is 3. The Kier molecular flexibility index (Phi) is 3.72. The van der Waals surface area contributed by atoms with Crippen molar-refractivity contribution < 1.29 is 14.3 Å². The second-order valence-electron chi connectivity index (χ2n) is 8.31. The van der Waals surface area contributed by atoms with Gasteiger partial charge in [0.15, 0.2) is 0 Å². The van der Waals surface area contributed by atoms with E-state index in [9.17, 15) is 4.79 Å². The normalized spacial score (nSPS) is 18.2. The molecule has 0 saturated carbocycles. The maximum Gasteiger partial charge on any atom is 0.257 e. The van der Waals surface area contributed by atoms with Gasteiger partial charge in [-0.05, 0) is 23.8 Å². The summed E-state index contributed by atoms with van der Waals surface area (Å²) in [5.41, 5.74) is 4.68. The molecule has 3 aliphatic heterocycles. The molecule has 6 rings (SSSR count). The smallest absolute Gasteiger partial charge is 0.257 e. The number of carbonyl (C=O) groups is 1. The largest absolute Gasteiger partial charge is 0.492 e. The SMILES string of the molecule is Cn1ncc2c1-c1ccccc1OC21CCN(C(=O)c2cccc3c2OCC3)CC1. The van der Waals surface area contributed by atoms with Crippen molar-refractivity contribution in [1.29, 1.82) is 0 Å². The van der Waals surface area contributed by atoms with Crippen LogP contribution in [0.15, 0.2) is 48.7 Å². The van der Waals surface area contributed by atoms with Crippen LogP contribution in [0.1, 0.15) is 34.3 Å². The molecule has 152 valence electrons. The molecule has 6 nitrogen and oxygen atoms in total. The van der Waals surface area contributed by atoms with Gasteiger partial charge in [0.05, 0.1) is 24.1 Å². The zero-order chi connectivity index (χ0) is 20.3. The van der Waals surface area contributed by atoms with Gasteiger partial charge in [0.2, 0.25) is 0 Å². The summed E-state index contributed by atoms with van der Waals surface area (Å²) < 4.78 is 14.3. The number of piperidine rings is 1. The van der Waals surface area contributed by atoms with Gasteiger partial charge in [0, 0.05) is 50.5 Å². The molecule has 0 unspecified atom stereocenters. The Hall–Kier alpha value is -3.28. The van der Waals surface area contributed by atoms with E-state index in [4.69, 9.17) is 9.47 Å². The first-order valence-electron chi connectivity index (χ1n) is 10.5. The molecular formula is C24H23N3O3. The maximum absolute atomic E-state index is 13.3. The first-order valence-corrected chi connectivity index (χ1v) is 10.5. The molecule has 1 amide bonds. The van der Waals surface area contributed by atoms with E-state index in [-0.39, 0.29) is 5.91 Å². The minimum Gasteiger partial charge on any atom is -0.492 e. The number of rotatable bonds is 1. The summed E-state index contributed by atoms with van der Waals surface area (Å²) in [4.78, 5) is 15.2. The highest BCUT2D eigenvalue weighted by Gasteiger charge is 2.46. The van der Waals surface area contributed by atoms with Crippen molar-refractivity contribution >= 4 is 5.91 Å². The lowest BCUT2D eigenvalue weighted by Gasteiger charge is -2.44. The van der Waals surface area contributed by atoms with E-state index in [1.807, 2.05) is 59.2 Å². The molecule has 1 saturated heterocycles. The highest BCUT2D eigenvalue weighted by molar-refractivity contribution is 5.97. The van der Waals surface area contributed by atoms with Crippen LogP contribution in [0, 0.1) is 0 Å². The van der Waals surface area contributed by atoms with Crippen LogP contribution in [0.3, 0.4) is 0 Å². The van der Waals surface area contributed by atoms with Crippen molar-refractivity contribution in [3.8, 4) is 22.8 Å². The number of para-hydroxylation sites is 2. The first-order chi connectivity index (χ1) is 14.7. The molecule has 3 aliphatic rings. The van der Waals surface area contributed by atoms with Crippen LogP contribution >= 0.6 is 0 Å². The third kappa shape index (κ3) is 2.43. The van der Waals surface area contributed by atoms with Crippen molar-refractivity contribution in [3.05, 3.63) is 65.4 Å². The molecule has 0 N–H and O–H groups in total. The molecule has 0 bridgehead atoms. The highest BCUT2D eigenvalue weighted by Crippen LogP contribution is 2.49. The topological polar surface area (TPSA) is 56.6 Å². The second-order valence-corrected chi connectivity index (χ2v) is 8.31. The Labute approximate surface area is 175 Å². The van der Waals surface area contributed by atoms with Crippen LogP contribution in [0.25, 0.3) is 11.3 Å². The molecular weight excluding hydrogens is 378 g/mol. The Morgan fingerprint density at radius 1 is 1.10 bits per heavy atom. The molecule has 0 atom stereocenters. The van der Waals surface area contributed by atoms with Gasteiger partial charge in [-0.2, -0.15) is 5.10 Å². The third-order valence-corrected chi connectivity index (χ3v) is 6.68. The van der Waals surface area contributed by atoms with Crippen LogP contribution in [-0.2, 0) is 19.1 Å². The van der Waals surface area contributed by atoms with Gasteiger partial charge in [-0.3, -0.25) is 9.48 Å². The molecule has 2 aromatic carbocycles. The first kappa shape index (κ1) is 17.6. The lowest BCUT2D eigenvalue weighted by atomic mass is 9.81. The summed E-state index contributed by atoms with van der Waals surface area (Å²) >= 11 is 0. The number of aromatic nitrogens is 2. The number of hydrogen-bond donors (Lipinski definition) is 0. The minimum absolute atomic E-state index is 0.0474. The molecule has 30 heavy (non-hydrogen) atoms. The predicted octanol–water partition coefficient (Wildman–Crippen LogP) is 3.55. The van der Waals surface area contributed by atoms with Crippen molar-refractivity contribution in [2.24, 2.45) is 7.05 Å². The van der Waals surface area contributed by atoms with E-state index in [1.54, 1.807) is 0 Å². The molecule has 1 aromatic heterocycles. The average Bonchev–Trinajstić information content (AvgIpc) is 3.41. The quantitative estimate of drug-likeness (QED) is 0.626. The fraction of sp³-hybridized carbons (Fsp3) is 0.333. The number of aryl methyl sites for hydroxylation is 1. The van der Waals surface area contributed by atoms with Gasteiger partial charge in [0.1, 0.15) is 17.1 Å². The van der Waals surface area contributed by atoms with Crippen molar-refractivity contribution in [1.82, 2.24) is 14.7 Å². The summed E-state index contributed by atoms with van der Waals surface area (Å²) in [5, 5.41) is 4.53. The van der Waals surface area contributed by atoms with Crippen LogP contribution in [-0.4, -0.2) is 40.3 Å². The van der Waals surface area contributed by atoms with Crippen LogP contribution < -0.4 is 9.47 Å². The summed E-state index contributed by atoms with van der Waals surface area (Å²) in [5.74, 6) is 1.70. The third-order valence-electron chi connectivity index (χ3n) is 6.68. The lowest BCUT2D eigenvalue weighted by Crippen LogP contribution is -2.49. The number of benzene rings is 2. The average molecular weight is 401 g/mol. The molecule has 4 heterocycles. The Balaban J connectivity index is 1.30. The van der Waals surface area contributed by atoms with E-state index in [2.05, 4.69) is 11.2 Å². The molecule has 1 fully saturated rings. The van der Waals surface area contributed by atoms with E-state index < -0.39 is 5.60 Å². The number of hydrogen-bond acceptors (Lipinski definition) is 4. The maximum atomic E-state index is 13.3. The van der Waals surface area contributed by atoms with E-state index in [1.165, 1.54) is 0 Å². The summed E-state index contributed by atoms with van der Waals surface area (Å²) in [6, 6.07) is 14.0. The Morgan fingerprint density at radius 3 is 2.80 bits per heavy atom. The second kappa shape index (κ2) is 6.36. The number of carbonyl (C=O) groups excluding carboxylic acids is 1. The zero-order valence-corrected chi connectivity index (χ0v) is 16.9. The van der Waals surface area contributed by atoms with E-state index in [0.717, 1.165) is 53.1 Å². The summed E-state index contributed by atoms with van der Waals surface area (Å²) in [6.07, 6.45) is 4.28. The number of fused-ring (bicyclic) bond motifs is 5. The van der Waals surface area contributed by atoms with Crippen LogP contribution in [0.4, 0.5) is 0 Å². The Bertz CT molecular complexity index is 1160. The summed E-state index contributed by atoms with van der Waals surface area (Å²) in [6.45, 7) is 1.93. The molecule has 1 spiro atoms. The standard InChI is InChI=1S/C24H23N3O3/c1-26-21-17-6-2-3-8-20(17)30-24(19(21)15-25-26)10-12-27(13-11-24)23(28)18-7-4-5-16-9-14-29-22(16)18/h2-8,15H,9-14H2,1H3. The van der Waals surface area contributed by atoms with E-state index in [0.29, 0.717) is 25.3 Å². The highest BCUT2D eigenvalue weighted by atomic mass is 16.5. The Morgan fingerprint density at radius 2 is 1.93 bits per heavy atom. The minimum atomic E-state index is -0.441. The van der Waals surface area contributed by atoms with Crippen molar-refractivity contribution in [3.63, 3.8) is 0 Å². The molecule has 3 aromatic rings. The van der Waals surface area contributed by atoms with Gasteiger partial charge in [-0.1, -0.05) is 24.3 Å². The summed E-state index contributed by atoms with van der Waals surface area (Å²) in [7, 11) is 1.98. The predicted molar refractivity (Wildman–Crippen MR) is 112 cm³/mol. The van der Waals surface area contributed by atoms with Crippen molar-refractivity contribution in [2.45, 2.75) is 24.9 Å². The monoisotopic (exact) mass is 401 g/mol. The lowest BCUT2D eigenvalue weighted by molar-refractivity contribution is -0.00179.